The molecule has 1 atom stereocenters. The van der Waals surface area contributed by atoms with Gasteiger partial charge in [-0.15, -0.1) is 0 Å². The molecule has 1 aromatic heterocycles. The number of aromatic nitrogens is 1. The standard InChI is InChI=1S/C13H11NO2/c15-11-9-10-5-1-2-6-12(10)16-13(11)14-7-3-4-8-14/h1-8,13H,9H2. The van der Waals surface area contributed by atoms with E-state index in [0.29, 0.717) is 6.42 Å². The van der Waals surface area contributed by atoms with Gasteiger partial charge < -0.3 is 9.30 Å². The van der Waals surface area contributed by atoms with Gasteiger partial charge in [0.05, 0.1) is 0 Å². The normalized spacial score (nSPS) is 19.0. The van der Waals surface area contributed by atoms with Crippen LogP contribution >= 0.6 is 0 Å². The molecule has 0 saturated carbocycles. The van der Waals surface area contributed by atoms with Gasteiger partial charge in [0.2, 0.25) is 6.23 Å². The van der Waals surface area contributed by atoms with Crippen LogP contribution in [0.5, 0.6) is 5.75 Å². The summed E-state index contributed by atoms with van der Waals surface area (Å²) in [5, 5.41) is 0. The molecule has 3 nitrogen and oxygen atoms in total. The number of ketones is 1. The highest BCUT2D eigenvalue weighted by molar-refractivity contribution is 5.86. The van der Waals surface area contributed by atoms with Crippen molar-refractivity contribution in [1.29, 1.82) is 0 Å². The van der Waals surface area contributed by atoms with E-state index in [1.54, 1.807) is 4.57 Å². The second-order valence-corrected chi connectivity index (χ2v) is 3.85. The van der Waals surface area contributed by atoms with Crippen LogP contribution in [0.2, 0.25) is 0 Å². The summed E-state index contributed by atoms with van der Waals surface area (Å²) >= 11 is 0. The zero-order valence-corrected chi connectivity index (χ0v) is 8.67. The van der Waals surface area contributed by atoms with Crippen LogP contribution in [-0.2, 0) is 11.2 Å². The number of hydrogen-bond acceptors (Lipinski definition) is 2. The summed E-state index contributed by atoms with van der Waals surface area (Å²) in [4.78, 5) is 11.9. The van der Waals surface area contributed by atoms with Crippen LogP contribution in [0.25, 0.3) is 0 Å². The number of Topliss-reactive ketones (excluding diaryl/α,β-unsaturated/α-hetero) is 1. The summed E-state index contributed by atoms with van der Waals surface area (Å²) < 4.78 is 7.49. The maximum Gasteiger partial charge on any atom is 0.235 e. The first kappa shape index (κ1) is 9.21. The van der Waals surface area contributed by atoms with Gasteiger partial charge in [0.1, 0.15) is 5.75 Å². The Kier molecular flexibility index (Phi) is 2.03. The summed E-state index contributed by atoms with van der Waals surface area (Å²) in [7, 11) is 0. The molecule has 0 radical (unpaired) electrons. The minimum atomic E-state index is -0.509. The third-order valence-corrected chi connectivity index (χ3v) is 2.75. The SMILES string of the molecule is O=C1Cc2ccccc2OC1n1cccc1. The molecule has 1 aliphatic heterocycles. The first-order chi connectivity index (χ1) is 7.84. The van der Waals surface area contributed by atoms with E-state index in [-0.39, 0.29) is 5.78 Å². The van der Waals surface area contributed by atoms with Gasteiger partial charge in [-0.05, 0) is 18.2 Å². The predicted octanol–water partition coefficient (Wildman–Crippen LogP) is 2.19. The molecule has 2 heterocycles. The minimum absolute atomic E-state index is 0.0925. The molecule has 3 heteroatoms. The van der Waals surface area contributed by atoms with Gasteiger partial charge >= 0.3 is 0 Å². The van der Waals surface area contributed by atoms with E-state index >= 15 is 0 Å². The predicted molar refractivity (Wildman–Crippen MR) is 59.3 cm³/mol. The molecule has 0 amide bonds. The summed E-state index contributed by atoms with van der Waals surface area (Å²) in [6.07, 6.45) is 3.62. The Labute approximate surface area is 93.3 Å². The Balaban J connectivity index is 1.98. The van der Waals surface area contributed by atoms with Crippen LogP contribution in [0, 0.1) is 0 Å². The van der Waals surface area contributed by atoms with Crippen molar-refractivity contribution in [2.45, 2.75) is 12.6 Å². The number of para-hydroxylation sites is 1. The Bertz CT molecular complexity index is 516. The molecule has 0 bridgehead atoms. The number of fused-ring (bicyclic) bond motifs is 1. The van der Waals surface area contributed by atoms with E-state index in [4.69, 9.17) is 4.74 Å². The van der Waals surface area contributed by atoms with E-state index < -0.39 is 6.23 Å². The van der Waals surface area contributed by atoms with E-state index in [1.165, 1.54) is 0 Å². The van der Waals surface area contributed by atoms with Crippen molar-refractivity contribution in [2.75, 3.05) is 0 Å². The average Bonchev–Trinajstić information content (AvgIpc) is 2.81. The maximum atomic E-state index is 11.9. The van der Waals surface area contributed by atoms with Crippen LogP contribution in [0.3, 0.4) is 0 Å². The molecular weight excluding hydrogens is 202 g/mol. The second-order valence-electron chi connectivity index (χ2n) is 3.85. The van der Waals surface area contributed by atoms with Gasteiger partial charge in [-0.2, -0.15) is 0 Å². The fraction of sp³-hybridized carbons (Fsp3) is 0.154. The molecule has 0 N–H and O–H groups in total. The molecule has 0 spiro atoms. The highest BCUT2D eigenvalue weighted by atomic mass is 16.5. The maximum absolute atomic E-state index is 11.9. The first-order valence-corrected chi connectivity index (χ1v) is 5.24. The molecule has 0 aliphatic carbocycles. The lowest BCUT2D eigenvalue weighted by atomic mass is 10.0. The number of carbonyl (C=O) groups is 1. The fourth-order valence-corrected chi connectivity index (χ4v) is 1.96. The lowest BCUT2D eigenvalue weighted by Gasteiger charge is -2.25. The highest BCUT2D eigenvalue weighted by Gasteiger charge is 2.28. The van der Waals surface area contributed by atoms with Gasteiger partial charge in [0.25, 0.3) is 0 Å². The van der Waals surface area contributed by atoms with Crippen LogP contribution in [0.1, 0.15) is 11.8 Å². The van der Waals surface area contributed by atoms with Crippen molar-refractivity contribution in [1.82, 2.24) is 4.57 Å². The van der Waals surface area contributed by atoms with Gasteiger partial charge in [-0.3, -0.25) is 4.79 Å². The van der Waals surface area contributed by atoms with E-state index in [9.17, 15) is 4.79 Å². The van der Waals surface area contributed by atoms with Crippen molar-refractivity contribution in [3.8, 4) is 5.75 Å². The van der Waals surface area contributed by atoms with Gasteiger partial charge in [-0.1, -0.05) is 18.2 Å². The molecule has 80 valence electrons. The van der Waals surface area contributed by atoms with Gasteiger partial charge in [0, 0.05) is 24.4 Å². The van der Waals surface area contributed by atoms with Gasteiger partial charge in [-0.25, -0.2) is 0 Å². The summed E-state index contributed by atoms with van der Waals surface area (Å²) in [5.74, 6) is 0.899. The molecule has 1 unspecified atom stereocenters. The second kappa shape index (κ2) is 3.52. The molecule has 3 rings (SSSR count). The number of benzene rings is 1. The molecule has 0 saturated heterocycles. The Morgan fingerprint density at radius 3 is 2.69 bits per heavy atom. The quantitative estimate of drug-likeness (QED) is 0.727. The summed E-state index contributed by atoms with van der Waals surface area (Å²) in [6, 6.07) is 11.4. The van der Waals surface area contributed by atoms with Crippen molar-refractivity contribution in [3.05, 3.63) is 54.4 Å². The van der Waals surface area contributed by atoms with Crippen molar-refractivity contribution < 1.29 is 9.53 Å². The Morgan fingerprint density at radius 2 is 1.88 bits per heavy atom. The van der Waals surface area contributed by atoms with Crippen molar-refractivity contribution in [3.63, 3.8) is 0 Å². The Hall–Kier alpha value is -2.03. The third kappa shape index (κ3) is 1.41. The van der Waals surface area contributed by atoms with Crippen molar-refractivity contribution >= 4 is 5.78 Å². The number of carbonyl (C=O) groups excluding carboxylic acids is 1. The number of hydrogen-bond donors (Lipinski definition) is 0. The summed E-state index contributed by atoms with van der Waals surface area (Å²) in [6.45, 7) is 0. The average molecular weight is 213 g/mol. The van der Waals surface area contributed by atoms with E-state index in [0.717, 1.165) is 11.3 Å². The molecule has 1 aromatic carbocycles. The molecule has 16 heavy (non-hydrogen) atoms. The number of rotatable bonds is 1. The van der Waals surface area contributed by atoms with Crippen LogP contribution in [0.15, 0.2) is 48.8 Å². The zero-order chi connectivity index (χ0) is 11.0. The first-order valence-electron chi connectivity index (χ1n) is 5.24. The zero-order valence-electron chi connectivity index (χ0n) is 8.67. The highest BCUT2D eigenvalue weighted by Crippen LogP contribution is 2.29. The third-order valence-electron chi connectivity index (χ3n) is 2.75. The van der Waals surface area contributed by atoms with E-state index in [2.05, 4.69) is 0 Å². The van der Waals surface area contributed by atoms with Crippen LogP contribution < -0.4 is 4.74 Å². The summed E-state index contributed by atoms with van der Waals surface area (Å²) in [5.41, 5.74) is 0.968. The van der Waals surface area contributed by atoms with Crippen LogP contribution in [-0.4, -0.2) is 10.4 Å². The van der Waals surface area contributed by atoms with E-state index in [1.807, 2.05) is 48.8 Å². The fourth-order valence-electron chi connectivity index (χ4n) is 1.96. The molecular formula is C13H11NO2. The molecule has 0 fully saturated rings. The molecule has 2 aromatic rings. The topological polar surface area (TPSA) is 31.2 Å². The monoisotopic (exact) mass is 213 g/mol. The Morgan fingerprint density at radius 1 is 1.12 bits per heavy atom. The largest absolute Gasteiger partial charge is 0.462 e. The minimum Gasteiger partial charge on any atom is -0.462 e. The van der Waals surface area contributed by atoms with Crippen LogP contribution in [0.4, 0.5) is 0 Å². The van der Waals surface area contributed by atoms with Gasteiger partial charge in [0.15, 0.2) is 5.78 Å². The number of ether oxygens (including phenoxy) is 1. The number of nitrogens with zero attached hydrogens (tertiary/aromatic N) is 1. The molecule has 1 aliphatic rings. The smallest absolute Gasteiger partial charge is 0.235 e. The van der Waals surface area contributed by atoms with Crippen molar-refractivity contribution in [2.24, 2.45) is 0 Å². The lowest BCUT2D eigenvalue weighted by molar-refractivity contribution is -0.130. The lowest BCUT2D eigenvalue weighted by Crippen LogP contribution is -2.29.